The molecule has 110 heavy (non-hydrogen) atoms. The summed E-state index contributed by atoms with van der Waals surface area (Å²) >= 11 is 0. The molecule has 580 valence electrons. The summed E-state index contributed by atoms with van der Waals surface area (Å²) in [6.07, 6.45) is 0. The van der Waals surface area contributed by atoms with Gasteiger partial charge in [0, 0.05) is 34.9 Å². The molecule has 0 saturated heterocycles. The van der Waals surface area contributed by atoms with Gasteiger partial charge in [0.15, 0.2) is 98.1 Å². The Morgan fingerprint density at radius 3 is 0.909 bits per heavy atom. The molecule has 30 heteroatoms. The highest BCUT2D eigenvalue weighted by molar-refractivity contribution is 6.02. The van der Waals surface area contributed by atoms with E-state index in [0.29, 0.717) is 16.7 Å². The molecule has 0 heterocycles. The summed E-state index contributed by atoms with van der Waals surface area (Å²) < 4.78 is 0. The van der Waals surface area contributed by atoms with Gasteiger partial charge in [0.1, 0.15) is 80.1 Å². The molecule has 0 aromatic heterocycles. The molecule has 10 rings (SSSR count). The lowest BCUT2D eigenvalue weighted by molar-refractivity contribution is 0.0998. The Morgan fingerprint density at radius 1 is 0.173 bits per heavy atom. The highest BCUT2D eigenvalue weighted by Crippen LogP contribution is 2.38. The summed E-state index contributed by atoms with van der Waals surface area (Å²) in [5.41, 5.74) is 2.01. The molecule has 0 unspecified atom stereocenters. The molecular formula is C80H80O30. The zero-order valence-corrected chi connectivity index (χ0v) is 60.3. The second-order valence-electron chi connectivity index (χ2n) is 22.5. The van der Waals surface area contributed by atoms with E-state index in [1.165, 1.54) is 172 Å². The number of rotatable bonds is 10. The minimum absolute atomic E-state index is 0.00898. The van der Waals surface area contributed by atoms with Gasteiger partial charge < -0.3 is 102 Å². The van der Waals surface area contributed by atoms with Crippen molar-refractivity contribution >= 4 is 57.8 Å². The van der Waals surface area contributed by atoms with Gasteiger partial charge in [-0.3, -0.25) is 47.9 Å². The summed E-state index contributed by atoms with van der Waals surface area (Å²) in [7, 11) is 0. The van der Waals surface area contributed by atoms with E-state index in [9.17, 15) is 47.9 Å². The van der Waals surface area contributed by atoms with Crippen molar-refractivity contribution in [3.05, 3.63) is 238 Å². The molecule has 0 aliphatic rings. The van der Waals surface area contributed by atoms with Crippen molar-refractivity contribution in [3.8, 4) is 115 Å². The molecule has 0 radical (unpaired) electrons. The Kier molecular flexibility index (Phi) is 37.6. The zero-order chi connectivity index (χ0) is 84.3. The Hall–Kier alpha value is -15.1. The maximum atomic E-state index is 10.8. The molecule has 10 aromatic rings. The van der Waals surface area contributed by atoms with Crippen LogP contribution in [0.15, 0.2) is 182 Å². The lowest BCUT2D eigenvalue weighted by Gasteiger charge is -2.03. The predicted octanol–water partition coefficient (Wildman–Crippen LogP) is 13.0. The SMILES string of the molecule is CC(=O)c1c(O)cc(O)cc1O.CC(=O)c1c(O)cccc1O.CC(=O)c1cc(O)c(O)c(O)c1.CC(=O)c1cc(O)ccc1O.CC(=O)c1ccc(O)c(O)c1O.CC(=O)c1ccc(O)cc1.CC(=O)c1ccc(O)cc1O.CC(=O)c1cccc(O)c1.CC(=O)c1cccc(O)c1O.CC(=O)c1ccccc1O. The van der Waals surface area contributed by atoms with Crippen molar-refractivity contribution in [2.45, 2.75) is 69.2 Å². The van der Waals surface area contributed by atoms with Crippen molar-refractivity contribution in [1.29, 1.82) is 0 Å². The van der Waals surface area contributed by atoms with Gasteiger partial charge in [-0.1, -0.05) is 36.4 Å². The maximum Gasteiger partial charge on any atom is 0.201 e. The molecule has 0 spiro atoms. The molecule has 0 atom stereocenters. The molecule has 0 bridgehead atoms. The van der Waals surface area contributed by atoms with Crippen molar-refractivity contribution in [2.75, 3.05) is 0 Å². The first-order chi connectivity index (χ1) is 51.2. The van der Waals surface area contributed by atoms with Crippen LogP contribution in [0.1, 0.15) is 173 Å². The highest BCUT2D eigenvalue weighted by atomic mass is 16.3. The van der Waals surface area contributed by atoms with Crippen molar-refractivity contribution in [2.24, 2.45) is 0 Å². The monoisotopic (exact) mass is 1520 g/mol. The number of hydrogen-bond donors (Lipinski definition) is 20. The standard InChI is InChI=1S/3C8H8O4.4C8H8O3.3C8H8O2/c1-4(9)8-6(11)2-5(10)3-7(8)12;1-4(9)5-2-6(10)8(12)7(11)3-5;1-4(9)5-2-3-6(10)8(12)7(5)11;1-5(9)7-4-6(10)2-3-8(7)11;1-5(9)7-3-2-6(10)4-8(7)11;1-5(9)8-6(10)3-2-4-7(8)11;1-5(9)6-3-2-4-7(10)8(6)11;1-6(9)7-2-4-8(10)5-3-7;1-6(9)7-3-2-4-8(10)5-7;1-6(9)7-4-2-3-5-8(7)10/h3*2-3,10-12H,1H3;4*2-4,10-11H,1H3;3*2-5,10H,1H3. The summed E-state index contributed by atoms with van der Waals surface area (Å²) in [5.74, 6) is -7.73. The highest BCUT2D eigenvalue weighted by Gasteiger charge is 2.17. The van der Waals surface area contributed by atoms with Crippen LogP contribution in [0.25, 0.3) is 0 Å². The second kappa shape index (κ2) is 44.5. The molecule has 20 N–H and O–H groups in total. The number of para-hydroxylation sites is 2. The normalized spacial score (nSPS) is 9.55. The first kappa shape index (κ1) is 92.9. The minimum atomic E-state index is -0.664. The molecule has 10 aromatic carbocycles. The molecule has 0 saturated carbocycles. The molecule has 0 aliphatic heterocycles. The smallest absolute Gasteiger partial charge is 0.201 e. The van der Waals surface area contributed by atoms with Crippen LogP contribution in [0.2, 0.25) is 0 Å². The largest absolute Gasteiger partial charge is 0.508 e. The van der Waals surface area contributed by atoms with Crippen LogP contribution in [-0.4, -0.2) is 160 Å². The van der Waals surface area contributed by atoms with Gasteiger partial charge in [0.05, 0.1) is 27.8 Å². The van der Waals surface area contributed by atoms with Crippen LogP contribution in [-0.2, 0) is 0 Å². The van der Waals surface area contributed by atoms with Gasteiger partial charge in [-0.05, 0) is 197 Å². The second-order valence-corrected chi connectivity index (χ2v) is 22.5. The van der Waals surface area contributed by atoms with Crippen LogP contribution < -0.4 is 0 Å². The third kappa shape index (κ3) is 31.1. The minimum Gasteiger partial charge on any atom is -0.508 e. The average molecular weight is 1520 g/mol. The van der Waals surface area contributed by atoms with Gasteiger partial charge in [-0.25, -0.2) is 0 Å². The van der Waals surface area contributed by atoms with Gasteiger partial charge in [0.25, 0.3) is 0 Å². The topological polar surface area (TPSA) is 575 Å². The molecule has 0 amide bonds. The Labute approximate surface area is 627 Å². The average Bonchev–Trinajstić information content (AvgIpc) is 0.855. The Morgan fingerprint density at radius 2 is 0.509 bits per heavy atom. The third-order valence-corrected chi connectivity index (χ3v) is 13.7. The number of carbonyl (C=O) groups is 10. The number of phenolic OH excluding ortho intramolecular Hbond substituents is 20. The quantitative estimate of drug-likeness (QED) is 0.0343. The lowest BCUT2D eigenvalue weighted by Crippen LogP contribution is -1.92. The van der Waals surface area contributed by atoms with Gasteiger partial charge in [-0.15, -0.1) is 0 Å². The van der Waals surface area contributed by atoms with E-state index in [1.807, 2.05) is 0 Å². The number of hydrogen-bond acceptors (Lipinski definition) is 30. The van der Waals surface area contributed by atoms with E-state index >= 15 is 0 Å². The summed E-state index contributed by atoms with van der Waals surface area (Å²) in [5, 5.41) is 180. The predicted molar refractivity (Wildman–Crippen MR) is 398 cm³/mol. The first-order valence-electron chi connectivity index (χ1n) is 31.4. The fourth-order valence-electron chi connectivity index (χ4n) is 8.14. The third-order valence-electron chi connectivity index (χ3n) is 13.7. The van der Waals surface area contributed by atoms with E-state index in [2.05, 4.69) is 0 Å². The molecule has 30 nitrogen and oxygen atoms in total. The Balaban J connectivity index is 0.000000611. The fourth-order valence-corrected chi connectivity index (χ4v) is 8.14. The van der Waals surface area contributed by atoms with Crippen molar-refractivity contribution < 1.29 is 150 Å². The lowest BCUT2D eigenvalue weighted by atomic mass is 10.1. The molecular weight excluding hydrogens is 1440 g/mol. The van der Waals surface area contributed by atoms with E-state index in [0.717, 1.165) is 36.4 Å². The number of carbonyl (C=O) groups excluding carboxylic acids is 10. The van der Waals surface area contributed by atoms with Gasteiger partial charge >= 0.3 is 0 Å². The number of Topliss-reactive ketones (excluding diaryl/α,β-unsaturated/α-hetero) is 10. The van der Waals surface area contributed by atoms with E-state index < -0.39 is 51.8 Å². The first-order valence-corrected chi connectivity index (χ1v) is 31.4. The van der Waals surface area contributed by atoms with E-state index in [1.54, 1.807) is 42.5 Å². The number of aromatic hydroxyl groups is 20. The molecule has 0 aliphatic carbocycles. The van der Waals surface area contributed by atoms with Crippen LogP contribution in [0.4, 0.5) is 0 Å². The number of benzene rings is 10. The van der Waals surface area contributed by atoms with E-state index in [-0.39, 0.29) is 160 Å². The summed E-state index contributed by atoms with van der Waals surface area (Å²) in [4.78, 5) is 107. The zero-order valence-electron chi connectivity index (χ0n) is 60.3. The number of phenols is 20. The van der Waals surface area contributed by atoms with Crippen LogP contribution >= 0.6 is 0 Å². The van der Waals surface area contributed by atoms with Crippen molar-refractivity contribution in [3.63, 3.8) is 0 Å². The van der Waals surface area contributed by atoms with Crippen LogP contribution in [0.5, 0.6) is 115 Å². The van der Waals surface area contributed by atoms with Gasteiger partial charge in [0.2, 0.25) is 5.75 Å². The Bertz CT molecular complexity index is 4860. The van der Waals surface area contributed by atoms with Crippen LogP contribution in [0, 0.1) is 0 Å². The van der Waals surface area contributed by atoms with E-state index in [4.69, 9.17) is 102 Å². The summed E-state index contributed by atoms with van der Waals surface area (Å²) in [6, 6.07) is 41.7. The molecule has 0 fully saturated rings. The van der Waals surface area contributed by atoms with Crippen molar-refractivity contribution in [1.82, 2.24) is 0 Å². The fraction of sp³-hybridized carbons (Fsp3) is 0.125. The summed E-state index contributed by atoms with van der Waals surface area (Å²) in [6.45, 7) is 13.4. The number of ketones is 10. The maximum absolute atomic E-state index is 10.8. The van der Waals surface area contributed by atoms with Gasteiger partial charge in [-0.2, -0.15) is 0 Å². The van der Waals surface area contributed by atoms with Crippen LogP contribution in [0.3, 0.4) is 0 Å².